The highest BCUT2D eigenvalue weighted by Crippen LogP contribution is 2.17. The first kappa shape index (κ1) is 14.5. The number of nitrogens with one attached hydrogen (secondary N) is 1. The van der Waals surface area contributed by atoms with E-state index in [1.54, 1.807) is 27.8 Å². The monoisotopic (exact) mass is 304 g/mol. The number of likely N-dealkylation sites (tertiary alicyclic amines) is 1. The first-order valence-electron chi connectivity index (χ1n) is 7.09. The summed E-state index contributed by atoms with van der Waals surface area (Å²) in [6.45, 7) is 2.72. The maximum absolute atomic E-state index is 13.0. The molecule has 3 rings (SSSR count). The van der Waals surface area contributed by atoms with Crippen molar-refractivity contribution in [1.82, 2.24) is 14.7 Å². The van der Waals surface area contributed by atoms with Gasteiger partial charge in [0.05, 0.1) is 11.8 Å². The minimum absolute atomic E-state index is 0.277. The van der Waals surface area contributed by atoms with Crippen LogP contribution in [0.2, 0.25) is 0 Å². The van der Waals surface area contributed by atoms with Gasteiger partial charge in [-0.25, -0.2) is 13.9 Å². The molecule has 2 amide bonds. The molecule has 1 aromatic heterocycles. The summed E-state index contributed by atoms with van der Waals surface area (Å²) in [6.07, 6.45) is 0.139. The summed E-state index contributed by atoms with van der Waals surface area (Å²) in [6, 6.07) is 7.43. The first-order valence-corrected chi connectivity index (χ1v) is 7.09. The predicted molar refractivity (Wildman–Crippen MR) is 79.5 cm³/mol. The molecule has 1 atom stereocenters. The van der Waals surface area contributed by atoms with E-state index in [2.05, 4.69) is 10.4 Å². The number of urea groups is 1. The zero-order valence-corrected chi connectivity index (χ0v) is 12.2. The zero-order valence-electron chi connectivity index (χ0n) is 12.2. The number of hydrogen-bond acceptors (Lipinski definition) is 3. The van der Waals surface area contributed by atoms with Gasteiger partial charge in [0.25, 0.3) is 0 Å². The molecule has 2 N–H and O–H groups in total. The lowest BCUT2D eigenvalue weighted by atomic mass is 10.3. The lowest BCUT2D eigenvalue weighted by Gasteiger charge is -2.15. The minimum atomic E-state index is -0.454. The first-order chi connectivity index (χ1) is 10.5. The molecule has 7 heteroatoms. The van der Waals surface area contributed by atoms with E-state index < -0.39 is 6.10 Å². The van der Waals surface area contributed by atoms with Crippen molar-refractivity contribution in [3.05, 3.63) is 41.8 Å². The number of aliphatic hydroxyl groups excluding tert-OH is 1. The molecule has 0 saturated carbocycles. The molecule has 1 aromatic carbocycles. The van der Waals surface area contributed by atoms with Crippen LogP contribution in [0.4, 0.5) is 15.0 Å². The number of rotatable bonds is 2. The number of β-amino-alcohol motifs (C(OH)–C–C–N with tert-alkyl or cyclic N) is 1. The van der Waals surface area contributed by atoms with E-state index in [0.29, 0.717) is 25.3 Å². The molecule has 6 nitrogen and oxygen atoms in total. The van der Waals surface area contributed by atoms with Crippen molar-refractivity contribution in [2.75, 3.05) is 18.4 Å². The van der Waals surface area contributed by atoms with Crippen molar-refractivity contribution in [2.24, 2.45) is 0 Å². The maximum Gasteiger partial charge on any atom is 0.323 e. The molecule has 1 aliphatic rings. The largest absolute Gasteiger partial charge is 0.391 e. The standard InChI is InChI=1S/C15H17FN4O2/c1-10-8-14(17-15(22)19-7-6-13(21)9-19)18-20(10)12-4-2-11(16)3-5-12/h2-5,8,13,21H,6-7,9H2,1H3,(H,17,18,22)/t13-/m0/s1. The average Bonchev–Trinajstić information content (AvgIpc) is 3.06. The highest BCUT2D eigenvalue weighted by Gasteiger charge is 2.25. The number of amides is 2. The Labute approximate surface area is 127 Å². The SMILES string of the molecule is Cc1cc(NC(=O)N2CC[C@H](O)C2)nn1-c1ccc(F)cc1. The molecule has 1 aliphatic heterocycles. The van der Waals surface area contributed by atoms with Crippen molar-refractivity contribution in [3.63, 3.8) is 0 Å². The number of anilines is 1. The van der Waals surface area contributed by atoms with Gasteiger partial charge >= 0.3 is 6.03 Å². The van der Waals surface area contributed by atoms with Crippen LogP contribution in [0, 0.1) is 12.7 Å². The maximum atomic E-state index is 13.0. The summed E-state index contributed by atoms with van der Waals surface area (Å²) in [5, 5.41) is 16.5. The number of halogens is 1. The number of carbonyl (C=O) groups is 1. The Balaban J connectivity index is 1.75. The molecule has 0 bridgehead atoms. The number of nitrogens with zero attached hydrogens (tertiary/aromatic N) is 3. The number of aryl methyl sites for hydroxylation is 1. The summed E-state index contributed by atoms with van der Waals surface area (Å²) >= 11 is 0. The van der Waals surface area contributed by atoms with E-state index in [1.165, 1.54) is 12.1 Å². The van der Waals surface area contributed by atoms with Crippen LogP contribution in [0.15, 0.2) is 30.3 Å². The Bertz CT molecular complexity index is 683. The molecular weight excluding hydrogens is 287 g/mol. The summed E-state index contributed by atoms with van der Waals surface area (Å²) < 4.78 is 14.6. The third-order valence-corrected chi connectivity index (χ3v) is 3.64. The second-order valence-corrected chi connectivity index (χ2v) is 5.38. The number of benzene rings is 1. The van der Waals surface area contributed by atoms with Gasteiger partial charge in [0.1, 0.15) is 5.82 Å². The van der Waals surface area contributed by atoms with Gasteiger partial charge in [0.15, 0.2) is 5.82 Å². The van der Waals surface area contributed by atoms with Crippen LogP contribution in [0.3, 0.4) is 0 Å². The van der Waals surface area contributed by atoms with Crippen molar-refractivity contribution in [2.45, 2.75) is 19.4 Å². The van der Waals surface area contributed by atoms with Crippen LogP contribution < -0.4 is 5.32 Å². The van der Waals surface area contributed by atoms with Crippen LogP contribution in [0.5, 0.6) is 0 Å². The van der Waals surface area contributed by atoms with Gasteiger partial charge in [0.2, 0.25) is 0 Å². The van der Waals surface area contributed by atoms with E-state index in [0.717, 1.165) is 11.4 Å². The molecule has 0 aliphatic carbocycles. The van der Waals surface area contributed by atoms with Gasteiger partial charge in [0, 0.05) is 24.8 Å². The third kappa shape index (κ3) is 2.94. The molecule has 2 aromatic rings. The molecule has 1 fully saturated rings. The van der Waals surface area contributed by atoms with Gasteiger partial charge in [-0.1, -0.05) is 0 Å². The zero-order chi connectivity index (χ0) is 15.7. The van der Waals surface area contributed by atoms with Crippen molar-refractivity contribution < 1.29 is 14.3 Å². The van der Waals surface area contributed by atoms with E-state index in [9.17, 15) is 14.3 Å². The van der Waals surface area contributed by atoms with Crippen LogP contribution >= 0.6 is 0 Å². The van der Waals surface area contributed by atoms with Crippen LogP contribution in [-0.2, 0) is 0 Å². The molecule has 0 spiro atoms. The second kappa shape index (κ2) is 5.76. The lowest BCUT2D eigenvalue weighted by molar-refractivity contribution is 0.176. The van der Waals surface area contributed by atoms with Crippen LogP contribution in [0.1, 0.15) is 12.1 Å². The summed E-state index contributed by atoms with van der Waals surface area (Å²) in [4.78, 5) is 13.6. The molecule has 22 heavy (non-hydrogen) atoms. The smallest absolute Gasteiger partial charge is 0.323 e. The Kier molecular flexibility index (Phi) is 3.81. The molecule has 0 unspecified atom stereocenters. The Hall–Kier alpha value is -2.41. The normalized spacial score (nSPS) is 17.8. The van der Waals surface area contributed by atoms with Crippen LogP contribution in [-0.4, -0.2) is 45.0 Å². The topological polar surface area (TPSA) is 70.4 Å². The fraction of sp³-hybridized carbons (Fsp3) is 0.333. The van der Waals surface area contributed by atoms with E-state index in [1.807, 2.05) is 6.92 Å². The van der Waals surface area contributed by atoms with Crippen molar-refractivity contribution >= 4 is 11.8 Å². The number of aromatic nitrogens is 2. The summed E-state index contributed by atoms with van der Waals surface area (Å²) in [7, 11) is 0. The van der Waals surface area contributed by atoms with Crippen molar-refractivity contribution in [1.29, 1.82) is 0 Å². The predicted octanol–water partition coefficient (Wildman–Crippen LogP) is 1.92. The molecule has 116 valence electrons. The fourth-order valence-electron chi connectivity index (χ4n) is 2.49. The Morgan fingerprint density at radius 2 is 2.14 bits per heavy atom. The van der Waals surface area contributed by atoms with E-state index in [-0.39, 0.29) is 11.8 Å². The van der Waals surface area contributed by atoms with Gasteiger partial charge in [-0.3, -0.25) is 5.32 Å². The van der Waals surface area contributed by atoms with Gasteiger partial charge in [-0.15, -0.1) is 5.10 Å². The Morgan fingerprint density at radius 3 is 2.77 bits per heavy atom. The van der Waals surface area contributed by atoms with Gasteiger partial charge in [-0.05, 0) is 37.6 Å². The van der Waals surface area contributed by atoms with Gasteiger partial charge in [-0.2, -0.15) is 0 Å². The Morgan fingerprint density at radius 1 is 1.41 bits per heavy atom. The summed E-state index contributed by atoms with van der Waals surface area (Å²) in [5.41, 5.74) is 1.54. The summed E-state index contributed by atoms with van der Waals surface area (Å²) in [5.74, 6) is 0.114. The lowest BCUT2D eigenvalue weighted by Crippen LogP contribution is -2.33. The van der Waals surface area contributed by atoms with E-state index in [4.69, 9.17) is 0 Å². The quantitative estimate of drug-likeness (QED) is 0.890. The number of carbonyl (C=O) groups excluding carboxylic acids is 1. The van der Waals surface area contributed by atoms with Crippen LogP contribution in [0.25, 0.3) is 5.69 Å². The molecular formula is C15H17FN4O2. The molecule has 0 radical (unpaired) electrons. The van der Waals surface area contributed by atoms with Crippen molar-refractivity contribution in [3.8, 4) is 5.69 Å². The number of hydrogen-bond donors (Lipinski definition) is 2. The highest BCUT2D eigenvalue weighted by atomic mass is 19.1. The highest BCUT2D eigenvalue weighted by molar-refractivity contribution is 5.88. The average molecular weight is 304 g/mol. The fourth-order valence-corrected chi connectivity index (χ4v) is 2.49. The minimum Gasteiger partial charge on any atom is -0.391 e. The van der Waals surface area contributed by atoms with Gasteiger partial charge < -0.3 is 10.0 Å². The molecule has 2 heterocycles. The number of aliphatic hydroxyl groups is 1. The molecule has 1 saturated heterocycles. The van der Waals surface area contributed by atoms with E-state index >= 15 is 0 Å². The second-order valence-electron chi connectivity index (χ2n) is 5.38. The third-order valence-electron chi connectivity index (χ3n) is 3.64.